The van der Waals surface area contributed by atoms with Gasteiger partial charge in [0.2, 0.25) is 0 Å². The molecule has 0 aliphatic rings. The minimum atomic E-state index is -3.29. The lowest BCUT2D eigenvalue weighted by Crippen LogP contribution is -1.99. The number of sulfone groups is 1. The van der Waals surface area contributed by atoms with Crippen molar-refractivity contribution in [2.45, 2.75) is 4.90 Å². The first-order valence-electron chi connectivity index (χ1n) is 5.30. The van der Waals surface area contributed by atoms with Crippen molar-refractivity contribution in [2.75, 3.05) is 6.26 Å². The smallest absolute Gasteiger partial charge is 0.313 e. The van der Waals surface area contributed by atoms with Crippen molar-refractivity contribution in [3.8, 4) is 6.01 Å². The molecule has 10 heteroatoms. The summed E-state index contributed by atoms with van der Waals surface area (Å²) in [5, 5.41) is 14.4. The van der Waals surface area contributed by atoms with E-state index >= 15 is 0 Å². The summed E-state index contributed by atoms with van der Waals surface area (Å²) in [5.74, 6) is 0. The van der Waals surface area contributed by atoms with Crippen molar-refractivity contribution in [2.24, 2.45) is 12.2 Å². The molecule has 0 unspecified atom stereocenters. The molecule has 0 N–H and O–H groups in total. The summed E-state index contributed by atoms with van der Waals surface area (Å²) in [4.78, 5) is 5.09. The van der Waals surface area contributed by atoms with Crippen LogP contribution in [0.3, 0.4) is 0 Å². The third-order valence-electron chi connectivity index (χ3n) is 2.31. The molecule has 0 fully saturated rings. The first-order valence-corrected chi connectivity index (χ1v) is 7.57. The van der Waals surface area contributed by atoms with E-state index in [1.54, 1.807) is 7.05 Å². The third-order valence-corrected chi connectivity index (χ3v) is 3.75. The SMILES string of the molecule is Cn1nnnc1ON=Cc1ccc(S(C)(=O)=O)cc1Cl. The molecule has 0 saturated heterocycles. The summed E-state index contributed by atoms with van der Waals surface area (Å²) in [6.45, 7) is 0. The number of hydrogen-bond acceptors (Lipinski definition) is 7. The number of tetrazole rings is 1. The van der Waals surface area contributed by atoms with E-state index in [0.717, 1.165) is 6.26 Å². The average molecular weight is 316 g/mol. The Morgan fingerprint density at radius 3 is 2.75 bits per heavy atom. The zero-order valence-electron chi connectivity index (χ0n) is 10.6. The number of nitrogens with zero attached hydrogens (tertiary/aromatic N) is 5. The van der Waals surface area contributed by atoms with Crippen molar-refractivity contribution in [1.82, 2.24) is 20.2 Å². The second-order valence-electron chi connectivity index (χ2n) is 3.87. The third kappa shape index (κ3) is 3.31. The Bertz CT molecular complexity index is 756. The molecule has 0 saturated carbocycles. The molecule has 0 spiro atoms. The van der Waals surface area contributed by atoms with Crippen LogP contribution in [-0.2, 0) is 16.9 Å². The summed E-state index contributed by atoms with van der Waals surface area (Å²) >= 11 is 5.97. The average Bonchev–Trinajstić information content (AvgIpc) is 2.76. The molecule has 0 aliphatic heterocycles. The second-order valence-corrected chi connectivity index (χ2v) is 6.29. The van der Waals surface area contributed by atoms with Crippen LogP contribution in [0.2, 0.25) is 5.02 Å². The summed E-state index contributed by atoms with van der Waals surface area (Å²) in [5.41, 5.74) is 0.509. The molecule has 1 aromatic carbocycles. The standard InChI is InChI=1S/C10H10ClN5O3S/c1-16-10(13-14-15-16)19-12-6-7-3-4-8(5-9(7)11)20(2,17)18/h3-6H,1-2H3. The maximum absolute atomic E-state index is 11.4. The lowest BCUT2D eigenvalue weighted by molar-refractivity contribution is 0.299. The van der Waals surface area contributed by atoms with Gasteiger partial charge in [-0.1, -0.05) is 27.9 Å². The van der Waals surface area contributed by atoms with Gasteiger partial charge < -0.3 is 4.84 Å². The minimum Gasteiger partial charge on any atom is -0.313 e. The van der Waals surface area contributed by atoms with Gasteiger partial charge in [0.15, 0.2) is 9.84 Å². The van der Waals surface area contributed by atoms with E-state index in [1.807, 2.05) is 0 Å². The summed E-state index contributed by atoms with van der Waals surface area (Å²) in [6, 6.07) is 4.43. The Kier molecular flexibility index (Phi) is 4.00. The van der Waals surface area contributed by atoms with E-state index in [1.165, 1.54) is 29.1 Å². The van der Waals surface area contributed by atoms with Crippen LogP contribution in [0.25, 0.3) is 0 Å². The fourth-order valence-electron chi connectivity index (χ4n) is 1.27. The van der Waals surface area contributed by atoms with Crippen LogP contribution in [0.5, 0.6) is 6.01 Å². The topological polar surface area (TPSA) is 99.3 Å². The Morgan fingerprint density at radius 1 is 1.45 bits per heavy atom. The van der Waals surface area contributed by atoms with Crippen LogP contribution >= 0.6 is 11.6 Å². The Hall–Kier alpha value is -2.00. The van der Waals surface area contributed by atoms with Crippen LogP contribution in [0, 0.1) is 0 Å². The highest BCUT2D eigenvalue weighted by molar-refractivity contribution is 7.90. The lowest BCUT2D eigenvalue weighted by atomic mass is 10.2. The summed E-state index contributed by atoms with van der Waals surface area (Å²) in [7, 11) is -1.70. The van der Waals surface area contributed by atoms with Gasteiger partial charge in [-0.3, -0.25) is 0 Å². The fourth-order valence-corrected chi connectivity index (χ4v) is 2.21. The molecular weight excluding hydrogens is 306 g/mol. The Labute approximate surface area is 119 Å². The van der Waals surface area contributed by atoms with Crippen molar-refractivity contribution in [3.05, 3.63) is 28.8 Å². The molecule has 0 bridgehead atoms. The minimum absolute atomic E-state index is 0.116. The van der Waals surface area contributed by atoms with Crippen LogP contribution in [-0.4, -0.2) is 41.1 Å². The molecular formula is C10H10ClN5O3S. The summed E-state index contributed by atoms with van der Waals surface area (Å²) < 4.78 is 24.0. The van der Waals surface area contributed by atoms with Crippen molar-refractivity contribution in [3.63, 3.8) is 0 Å². The van der Waals surface area contributed by atoms with Gasteiger partial charge in [0, 0.05) is 18.9 Å². The molecule has 8 nitrogen and oxygen atoms in total. The molecule has 106 valence electrons. The highest BCUT2D eigenvalue weighted by Crippen LogP contribution is 2.19. The maximum Gasteiger partial charge on any atom is 0.363 e. The van der Waals surface area contributed by atoms with Gasteiger partial charge in [0.05, 0.1) is 16.1 Å². The molecule has 1 aromatic heterocycles. The normalized spacial score (nSPS) is 11.9. The molecule has 1 heterocycles. The predicted molar refractivity (Wildman–Crippen MR) is 71.6 cm³/mol. The van der Waals surface area contributed by atoms with Gasteiger partial charge in [0.1, 0.15) is 0 Å². The van der Waals surface area contributed by atoms with E-state index < -0.39 is 9.84 Å². The number of halogens is 1. The first kappa shape index (κ1) is 14.4. The van der Waals surface area contributed by atoms with Gasteiger partial charge in [-0.2, -0.15) is 4.68 Å². The number of aromatic nitrogens is 4. The van der Waals surface area contributed by atoms with Crippen LogP contribution < -0.4 is 4.84 Å². The van der Waals surface area contributed by atoms with Gasteiger partial charge in [-0.15, -0.1) is 0 Å². The number of aryl methyl sites for hydroxylation is 1. The highest BCUT2D eigenvalue weighted by atomic mass is 35.5. The monoisotopic (exact) mass is 315 g/mol. The van der Waals surface area contributed by atoms with Crippen molar-refractivity contribution in [1.29, 1.82) is 0 Å². The molecule has 20 heavy (non-hydrogen) atoms. The molecule has 0 aliphatic carbocycles. The Morgan fingerprint density at radius 2 is 2.20 bits per heavy atom. The number of rotatable bonds is 4. The largest absolute Gasteiger partial charge is 0.363 e. The maximum atomic E-state index is 11.4. The predicted octanol–water partition coefficient (Wildman–Crippen LogP) is 0.680. The second kappa shape index (κ2) is 5.55. The first-order chi connectivity index (χ1) is 9.38. The van der Waals surface area contributed by atoms with E-state index in [-0.39, 0.29) is 15.9 Å². The van der Waals surface area contributed by atoms with Crippen molar-refractivity contribution < 1.29 is 13.3 Å². The van der Waals surface area contributed by atoms with Crippen LogP contribution in [0.1, 0.15) is 5.56 Å². The molecule has 0 radical (unpaired) electrons. The highest BCUT2D eigenvalue weighted by Gasteiger charge is 2.09. The van der Waals surface area contributed by atoms with Gasteiger partial charge in [0.25, 0.3) is 0 Å². The van der Waals surface area contributed by atoms with E-state index in [2.05, 4.69) is 20.7 Å². The zero-order valence-corrected chi connectivity index (χ0v) is 12.1. The molecule has 2 rings (SSSR count). The molecule has 0 atom stereocenters. The van der Waals surface area contributed by atoms with E-state index in [0.29, 0.717) is 5.56 Å². The lowest BCUT2D eigenvalue weighted by Gasteiger charge is -2.01. The van der Waals surface area contributed by atoms with Gasteiger partial charge >= 0.3 is 6.01 Å². The van der Waals surface area contributed by atoms with Crippen molar-refractivity contribution >= 4 is 27.7 Å². The fraction of sp³-hybridized carbons (Fsp3) is 0.200. The van der Waals surface area contributed by atoms with Crippen LogP contribution in [0.4, 0.5) is 0 Å². The Balaban J connectivity index is 2.16. The van der Waals surface area contributed by atoms with Gasteiger partial charge in [-0.25, -0.2) is 8.42 Å². The number of hydrogen-bond donors (Lipinski definition) is 0. The van der Waals surface area contributed by atoms with Gasteiger partial charge in [-0.05, 0) is 22.6 Å². The zero-order chi connectivity index (χ0) is 14.8. The quantitative estimate of drug-likeness (QED) is 0.607. The van der Waals surface area contributed by atoms with E-state index in [9.17, 15) is 8.42 Å². The number of oxime groups is 1. The summed E-state index contributed by atoms with van der Waals surface area (Å²) in [6.07, 6.45) is 2.44. The molecule has 0 amide bonds. The number of benzene rings is 1. The molecule has 2 aromatic rings. The van der Waals surface area contributed by atoms with E-state index in [4.69, 9.17) is 16.4 Å². The van der Waals surface area contributed by atoms with Crippen LogP contribution in [0.15, 0.2) is 28.3 Å².